The maximum absolute atomic E-state index is 12.8. The van der Waals surface area contributed by atoms with Crippen LogP contribution in [0.25, 0.3) is 0 Å². The molecule has 0 bridgehead atoms. The molecule has 0 unspecified atom stereocenters. The van der Waals surface area contributed by atoms with Crippen molar-refractivity contribution in [3.8, 4) is 0 Å². The second kappa shape index (κ2) is 5.60. The number of hydrogen-bond donors (Lipinski definition) is 1. The summed E-state index contributed by atoms with van der Waals surface area (Å²) in [5.41, 5.74) is 1.98. The van der Waals surface area contributed by atoms with Crippen molar-refractivity contribution in [1.82, 2.24) is 9.97 Å². The molecule has 5 heteroatoms. The highest BCUT2D eigenvalue weighted by atomic mass is 127. The van der Waals surface area contributed by atoms with Crippen LogP contribution in [-0.4, -0.2) is 9.97 Å². The number of anilines is 1. The van der Waals surface area contributed by atoms with E-state index < -0.39 is 0 Å². The van der Waals surface area contributed by atoms with Gasteiger partial charge >= 0.3 is 0 Å². The molecule has 2 rings (SSSR count). The average Bonchev–Trinajstić information content (AvgIpc) is 2.34. The minimum atomic E-state index is -0.220. The van der Waals surface area contributed by atoms with Gasteiger partial charge in [-0.2, -0.15) is 0 Å². The smallest absolute Gasteiger partial charge is 0.143 e. The van der Waals surface area contributed by atoms with Crippen LogP contribution in [-0.2, 0) is 6.54 Å². The minimum Gasteiger partial charge on any atom is -0.365 e. The van der Waals surface area contributed by atoms with E-state index in [-0.39, 0.29) is 5.82 Å². The molecule has 0 saturated heterocycles. The van der Waals surface area contributed by atoms with E-state index in [0.717, 1.165) is 26.5 Å². The highest BCUT2D eigenvalue weighted by molar-refractivity contribution is 14.1. The van der Waals surface area contributed by atoms with Gasteiger partial charge in [-0.15, -0.1) is 0 Å². The Morgan fingerprint density at radius 1 is 1.17 bits per heavy atom. The van der Waals surface area contributed by atoms with Crippen molar-refractivity contribution in [2.75, 3.05) is 5.32 Å². The van der Waals surface area contributed by atoms with Crippen LogP contribution >= 0.6 is 22.6 Å². The van der Waals surface area contributed by atoms with Crippen molar-refractivity contribution in [2.45, 2.75) is 20.4 Å². The van der Waals surface area contributed by atoms with E-state index >= 15 is 0 Å². The van der Waals surface area contributed by atoms with Crippen LogP contribution in [0.15, 0.2) is 24.3 Å². The van der Waals surface area contributed by atoms with Crippen molar-refractivity contribution < 1.29 is 4.39 Å². The Balaban J connectivity index is 2.13. The maximum atomic E-state index is 12.8. The van der Waals surface area contributed by atoms with Crippen molar-refractivity contribution >= 4 is 28.4 Å². The molecule has 0 spiro atoms. The first-order valence-corrected chi connectivity index (χ1v) is 6.63. The van der Waals surface area contributed by atoms with Crippen LogP contribution in [0.5, 0.6) is 0 Å². The van der Waals surface area contributed by atoms with Gasteiger partial charge in [0.1, 0.15) is 17.5 Å². The van der Waals surface area contributed by atoms with Crippen LogP contribution in [0.2, 0.25) is 0 Å². The molecule has 0 aliphatic heterocycles. The van der Waals surface area contributed by atoms with Gasteiger partial charge < -0.3 is 5.32 Å². The topological polar surface area (TPSA) is 37.8 Å². The lowest BCUT2D eigenvalue weighted by molar-refractivity contribution is 0.627. The largest absolute Gasteiger partial charge is 0.365 e. The summed E-state index contributed by atoms with van der Waals surface area (Å²) in [5.74, 6) is 1.35. The molecule has 1 N–H and O–H groups in total. The minimum absolute atomic E-state index is 0.220. The van der Waals surface area contributed by atoms with Crippen molar-refractivity contribution in [3.05, 3.63) is 50.7 Å². The molecule has 0 aliphatic rings. The highest BCUT2D eigenvalue weighted by Crippen LogP contribution is 2.19. The molecular formula is C13H13FIN3. The predicted octanol–water partition coefficient (Wildman–Crippen LogP) is 3.45. The zero-order valence-corrected chi connectivity index (χ0v) is 12.3. The normalized spacial score (nSPS) is 10.4. The Bertz CT molecular complexity index is 555. The van der Waals surface area contributed by atoms with Gasteiger partial charge in [0.25, 0.3) is 0 Å². The van der Waals surface area contributed by atoms with E-state index in [2.05, 4.69) is 37.9 Å². The summed E-state index contributed by atoms with van der Waals surface area (Å²) >= 11 is 2.22. The van der Waals surface area contributed by atoms with E-state index in [4.69, 9.17) is 0 Å². The highest BCUT2D eigenvalue weighted by Gasteiger charge is 2.06. The second-order valence-electron chi connectivity index (χ2n) is 4.00. The number of nitrogens with zero attached hydrogens (tertiary/aromatic N) is 2. The summed E-state index contributed by atoms with van der Waals surface area (Å²) in [5, 5.41) is 3.25. The van der Waals surface area contributed by atoms with Gasteiger partial charge in [-0.1, -0.05) is 12.1 Å². The van der Waals surface area contributed by atoms with E-state index in [1.807, 2.05) is 13.8 Å². The molecule has 1 aromatic carbocycles. The molecule has 18 heavy (non-hydrogen) atoms. The summed E-state index contributed by atoms with van der Waals surface area (Å²) in [6.45, 7) is 4.44. The molecule has 0 amide bonds. The monoisotopic (exact) mass is 357 g/mol. The summed E-state index contributed by atoms with van der Waals surface area (Å²) in [6.07, 6.45) is 0. The lowest BCUT2D eigenvalue weighted by Crippen LogP contribution is -2.07. The Morgan fingerprint density at radius 3 is 2.50 bits per heavy atom. The van der Waals surface area contributed by atoms with Gasteiger partial charge in [-0.3, -0.25) is 0 Å². The zero-order valence-electron chi connectivity index (χ0n) is 10.2. The molecule has 0 fully saturated rings. The Labute approximate surface area is 119 Å². The molecule has 1 heterocycles. The molecule has 0 atom stereocenters. The first-order valence-electron chi connectivity index (χ1n) is 5.55. The number of aromatic nitrogens is 2. The Morgan fingerprint density at radius 2 is 1.83 bits per heavy atom. The van der Waals surface area contributed by atoms with Gasteiger partial charge in [-0.25, -0.2) is 14.4 Å². The van der Waals surface area contributed by atoms with Crippen LogP contribution in [0.1, 0.15) is 17.1 Å². The summed E-state index contributed by atoms with van der Waals surface area (Å²) in [7, 11) is 0. The fourth-order valence-corrected chi connectivity index (χ4v) is 2.04. The first kappa shape index (κ1) is 13.2. The quantitative estimate of drug-likeness (QED) is 0.856. The molecule has 94 valence electrons. The fraction of sp³-hybridized carbons (Fsp3) is 0.231. The molecular weight excluding hydrogens is 344 g/mol. The molecule has 0 aliphatic carbocycles. The summed E-state index contributed by atoms with van der Waals surface area (Å²) < 4.78 is 13.8. The predicted molar refractivity (Wildman–Crippen MR) is 77.9 cm³/mol. The van der Waals surface area contributed by atoms with Gasteiger partial charge in [-0.05, 0) is 54.1 Å². The number of halogens is 2. The van der Waals surface area contributed by atoms with Gasteiger partial charge in [0, 0.05) is 6.54 Å². The zero-order chi connectivity index (χ0) is 13.1. The lowest BCUT2D eigenvalue weighted by atomic mass is 10.2. The second-order valence-corrected chi connectivity index (χ2v) is 5.08. The molecule has 3 nitrogen and oxygen atoms in total. The number of aryl methyl sites for hydroxylation is 2. The van der Waals surface area contributed by atoms with Crippen LogP contribution in [0.4, 0.5) is 10.2 Å². The molecule has 0 saturated carbocycles. The fourth-order valence-electron chi connectivity index (χ4n) is 1.60. The number of hydrogen-bond acceptors (Lipinski definition) is 3. The lowest BCUT2D eigenvalue weighted by Gasteiger charge is -2.10. The molecule has 0 radical (unpaired) electrons. The van der Waals surface area contributed by atoms with Gasteiger partial charge in [0.15, 0.2) is 0 Å². The van der Waals surface area contributed by atoms with E-state index in [1.54, 1.807) is 12.1 Å². The first-order chi connectivity index (χ1) is 8.56. The third kappa shape index (κ3) is 3.16. The maximum Gasteiger partial charge on any atom is 0.143 e. The number of rotatable bonds is 3. The Hall–Kier alpha value is -1.24. The van der Waals surface area contributed by atoms with Gasteiger partial charge in [0.05, 0.1) is 9.26 Å². The van der Waals surface area contributed by atoms with E-state index in [9.17, 15) is 4.39 Å². The summed E-state index contributed by atoms with van der Waals surface area (Å²) in [6, 6.07) is 6.43. The summed E-state index contributed by atoms with van der Waals surface area (Å²) in [4.78, 5) is 8.65. The van der Waals surface area contributed by atoms with Crippen LogP contribution in [0.3, 0.4) is 0 Å². The van der Waals surface area contributed by atoms with Crippen molar-refractivity contribution in [1.29, 1.82) is 0 Å². The molecule has 2 aromatic rings. The average molecular weight is 357 g/mol. The standard InChI is InChI=1S/C13H13FIN3/c1-8-12(15)13(18-9(2)17-8)16-7-10-3-5-11(14)6-4-10/h3-6H,7H2,1-2H3,(H,16,17,18). The third-order valence-corrected chi connectivity index (χ3v) is 3.79. The number of nitrogens with one attached hydrogen (secondary N) is 1. The van der Waals surface area contributed by atoms with E-state index in [1.165, 1.54) is 12.1 Å². The van der Waals surface area contributed by atoms with Crippen LogP contribution < -0.4 is 5.32 Å². The van der Waals surface area contributed by atoms with Crippen molar-refractivity contribution in [3.63, 3.8) is 0 Å². The molecule has 1 aromatic heterocycles. The third-order valence-electron chi connectivity index (χ3n) is 2.50. The van der Waals surface area contributed by atoms with E-state index in [0.29, 0.717) is 6.54 Å². The van der Waals surface area contributed by atoms with Crippen LogP contribution in [0, 0.1) is 23.2 Å². The Kier molecular flexibility index (Phi) is 4.11. The van der Waals surface area contributed by atoms with Gasteiger partial charge in [0.2, 0.25) is 0 Å². The van der Waals surface area contributed by atoms with Crippen molar-refractivity contribution in [2.24, 2.45) is 0 Å². The number of benzene rings is 1. The SMILES string of the molecule is Cc1nc(C)c(I)c(NCc2ccc(F)cc2)n1.